The van der Waals surface area contributed by atoms with Gasteiger partial charge in [-0.2, -0.15) is 0 Å². The fourth-order valence-electron chi connectivity index (χ4n) is 3.17. The van der Waals surface area contributed by atoms with Crippen LogP contribution in [0.3, 0.4) is 0 Å². The highest BCUT2D eigenvalue weighted by molar-refractivity contribution is 7.12. The van der Waals surface area contributed by atoms with Gasteiger partial charge in [-0.25, -0.2) is 0 Å². The first-order chi connectivity index (χ1) is 11.8. The van der Waals surface area contributed by atoms with Crippen molar-refractivity contribution in [2.24, 2.45) is 0 Å². The van der Waals surface area contributed by atoms with Gasteiger partial charge in [0.25, 0.3) is 5.91 Å². The van der Waals surface area contributed by atoms with E-state index in [1.165, 1.54) is 16.9 Å². The van der Waals surface area contributed by atoms with Gasteiger partial charge < -0.3 is 10.2 Å². The maximum Gasteiger partial charge on any atom is 0.261 e. The summed E-state index contributed by atoms with van der Waals surface area (Å²) in [6, 6.07) is 14.1. The number of nitrogens with zero attached hydrogens (tertiary/aromatic N) is 1. The van der Waals surface area contributed by atoms with Crippen LogP contribution in [0.2, 0.25) is 0 Å². The molecule has 1 unspecified atom stereocenters. The smallest absolute Gasteiger partial charge is 0.261 e. The largest absolute Gasteiger partial charge is 0.351 e. The van der Waals surface area contributed by atoms with Crippen molar-refractivity contribution in [3.8, 4) is 0 Å². The minimum atomic E-state index is -0.0548. The summed E-state index contributed by atoms with van der Waals surface area (Å²) >= 11 is 1.43. The summed E-state index contributed by atoms with van der Waals surface area (Å²) in [6.45, 7) is 1.37. The van der Waals surface area contributed by atoms with E-state index < -0.39 is 0 Å². The number of amides is 2. The Labute approximate surface area is 146 Å². The molecule has 1 aromatic heterocycles. The maximum atomic E-state index is 12.5. The first-order valence-corrected chi connectivity index (χ1v) is 9.30. The second-order valence-electron chi connectivity index (χ2n) is 5.99. The van der Waals surface area contributed by atoms with E-state index in [4.69, 9.17) is 0 Å². The van der Waals surface area contributed by atoms with Crippen LogP contribution in [-0.2, 0) is 4.79 Å². The Morgan fingerprint density at radius 2 is 2.00 bits per heavy atom. The van der Waals surface area contributed by atoms with E-state index >= 15 is 0 Å². The molecule has 1 N–H and O–H groups in total. The average Bonchev–Trinajstić information content (AvgIpc) is 3.30. The summed E-state index contributed by atoms with van der Waals surface area (Å²) in [5.74, 6) is 0.132. The number of hydrogen-bond donors (Lipinski definition) is 1. The van der Waals surface area contributed by atoms with Gasteiger partial charge in [0.15, 0.2) is 0 Å². The molecule has 1 saturated heterocycles. The van der Waals surface area contributed by atoms with Crippen LogP contribution < -0.4 is 5.32 Å². The molecular weight excluding hydrogens is 320 g/mol. The van der Waals surface area contributed by atoms with E-state index in [1.54, 1.807) is 6.07 Å². The van der Waals surface area contributed by atoms with Crippen LogP contribution in [-0.4, -0.2) is 29.8 Å². The zero-order chi connectivity index (χ0) is 16.8. The van der Waals surface area contributed by atoms with Crippen LogP contribution in [0.1, 0.15) is 47.0 Å². The van der Waals surface area contributed by atoms with Crippen molar-refractivity contribution in [2.45, 2.75) is 31.7 Å². The number of carbonyl (C=O) groups excluding carboxylic acids is 2. The molecular formula is C19H22N2O2S. The molecule has 1 aromatic carbocycles. The summed E-state index contributed by atoms with van der Waals surface area (Å²) < 4.78 is 0. The average molecular weight is 342 g/mol. The fraction of sp³-hybridized carbons (Fsp3) is 0.368. The molecule has 1 aliphatic rings. The Morgan fingerprint density at radius 3 is 2.75 bits per heavy atom. The number of rotatable bonds is 6. The van der Waals surface area contributed by atoms with Crippen molar-refractivity contribution in [1.29, 1.82) is 0 Å². The standard InChI is InChI=1S/C19H22N2O2S/c22-18(11-4-12-20-19(23)17-10-6-14-24-17)21-13-5-9-16(21)15-7-2-1-3-8-15/h1-3,6-8,10,14,16H,4-5,9,11-13H2,(H,20,23). The highest BCUT2D eigenvalue weighted by Gasteiger charge is 2.29. The van der Waals surface area contributed by atoms with Gasteiger partial charge in [-0.3, -0.25) is 9.59 Å². The number of benzene rings is 1. The Kier molecular flexibility index (Phi) is 5.64. The number of carbonyl (C=O) groups is 2. The lowest BCUT2D eigenvalue weighted by atomic mass is 10.0. The van der Waals surface area contributed by atoms with E-state index in [0.717, 1.165) is 19.4 Å². The third kappa shape index (κ3) is 4.03. The van der Waals surface area contributed by atoms with Gasteiger partial charge >= 0.3 is 0 Å². The van der Waals surface area contributed by atoms with Crippen LogP contribution >= 0.6 is 11.3 Å². The van der Waals surface area contributed by atoms with Crippen LogP contribution in [0.4, 0.5) is 0 Å². The molecule has 0 aliphatic carbocycles. The molecule has 2 amide bonds. The molecule has 0 bridgehead atoms. The summed E-state index contributed by atoms with van der Waals surface area (Å²) in [7, 11) is 0. The minimum Gasteiger partial charge on any atom is -0.351 e. The molecule has 1 aliphatic heterocycles. The number of hydrogen-bond acceptors (Lipinski definition) is 3. The van der Waals surface area contributed by atoms with Gasteiger partial charge in [-0.1, -0.05) is 36.4 Å². The zero-order valence-electron chi connectivity index (χ0n) is 13.6. The molecule has 1 atom stereocenters. The number of nitrogens with one attached hydrogen (secondary N) is 1. The molecule has 0 spiro atoms. The lowest BCUT2D eigenvalue weighted by Crippen LogP contribution is -2.31. The molecule has 126 valence electrons. The first kappa shape index (κ1) is 16.7. The van der Waals surface area contributed by atoms with Crippen molar-refractivity contribution in [1.82, 2.24) is 10.2 Å². The zero-order valence-corrected chi connectivity index (χ0v) is 14.4. The first-order valence-electron chi connectivity index (χ1n) is 8.42. The lowest BCUT2D eigenvalue weighted by molar-refractivity contribution is -0.132. The Balaban J connectivity index is 1.45. The third-order valence-electron chi connectivity index (χ3n) is 4.36. The fourth-order valence-corrected chi connectivity index (χ4v) is 3.81. The SMILES string of the molecule is O=C(NCCCC(=O)N1CCCC1c1ccccc1)c1cccs1. The van der Waals surface area contributed by atoms with Gasteiger partial charge in [-0.05, 0) is 36.3 Å². The summed E-state index contributed by atoms with van der Waals surface area (Å²) in [4.78, 5) is 27.1. The Morgan fingerprint density at radius 1 is 1.17 bits per heavy atom. The van der Waals surface area contributed by atoms with Crippen LogP contribution in [0.25, 0.3) is 0 Å². The van der Waals surface area contributed by atoms with Crippen molar-refractivity contribution in [2.75, 3.05) is 13.1 Å². The molecule has 1 fully saturated rings. The van der Waals surface area contributed by atoms with Gasteiger partial charge in [0.2, 0.25) is 5.91 Å². The number of thiophene rings is 1. The molecule has 2 aromatic rings. The Bertz CT molecular complexity index is 670. The monoisotopic (exact) mass is 342 g/mol. The van der Waals surface area contributed by atoms with Crippen LogP contribution in [0, 0.1) is 0 Å². The van der Waals surface area contributed by atoms with Crippen LogP contribution in [0.15, 0.2) is 47.8 Å². The van der Waals surface area contributed by atoms with Crippen LogP contribution in [0.5, 0.6) is 0 Å². The van der Waals surface area contributed by atoms with Gasteiger partial charge in [0, 0.05) is 19.5 Å². The number of likely N-dealkylation sites (tertiary alicyclic amines) is 1. The van der Waals surface area contributed by atoms with E-state index in [-0.39, 0.29) is 17.9 Å². The Hall–Kier alpha value is -2.14. The molecule has 5 heteroatoms. The highest BCUT2D eigenvalue weighted by Crippen LogP contribution is 2.32. The van der Waals surface area contributed by atoms with Gasteiger partial charge in [0.05, 0.1) is 10.9 Å². The molecule has 2 heterocycles. The van der Waals surface area contributed by atoms with Crippen molar-refractivity contribution < 1.29 is 9.59 Å². The van der Waals surface area contributed by atoms with E-state index in [9.17, 15) is 9.59 Å². The normalized spacial score (nSPS) is 17.0. The second kappa shape index (κ2) is 8.11. The van der Waals surface area contributed by atoms with E-state index in [1.807, 2.05) is 34.5 Å². The highest BCUT2D eigenvalue weighted by atomic mass is 32.1. The molecule has 0 radical (unpaired) electrons. The third-order valence-corrected chi connectivity index (χ3v) is 5.22. The lowest BCUT2D eigenvalue weighted by Gasteiger charge is -2.25. The van der Waals surface area contributed by atoms with Crippen molar-refractivity contribution in [3.05, 3.63) is 58.3 Å². The summed E-state index contributed by atoms with van der Waals surface area (Å²) in [6.07, 6.45) is 3.24. The molecule has 3 rings (SSSR count). The molecule has 0 saturated carbocycles. The maximum absolute atomic E-state index is 12.5. The molecule has 4 nitrogen and oxygen atoms in total. The minimum absolute atomic E-state index is 0.0548. The van der Waals surface area contributed by atoms with E-state index in [2.05, 4.69) is 17.4 Å². The van der Waals surface area contributed by atoms with Gasteiger partial charge in [0.1, 0.15) is 0 Å². The van der Waals surface area contributed by atoms with Gasteiger partial charge in [-0.15, -0.1) is 11.3 Å². The van der Waals surface area contributed by atoms with Crippen molar-refractivity contribution >= 4 is 23.2 Å². The predicted octanol–water partition coefficient (Wildman–Crippen LogP) is 3.62. The van der Waals surface area contributed by atoms with Crippen molar-refractivity contribution in [3.63, 3.8) is 0 Å². The summed E-state index contributed by atoms with van der Waals surface area (Å²) in [5, 5.41) is 4.76. The quantitative estimate of drug-likeness (QED) is 0.815. The second-order valence-corrected chi connectivity index (χ2v) is 6.94. The topological polar surface area (TPSA) is 49.4 Å². The predicted molar refractivity (Wildman–Crippen MR) is 96.0 cm³/mol. The summed E-state index contributed by atoms with van der Waals surface area (Å²) in [5.41, 5.74) is 1.22. The molecule has 24 heavy (non-hydrogen) atoms. The van der Waals surface area contributed by atoms with E-state index in [0.29, 0.717) is 24.3 Å².